The maximum absolute atomic E-state index is 6.02. The molecule has 0 aliphatic rings. The highest BCUT2D eigenvalue weighted by molar-refractivity contribution is 6.16. The number of methoxy groups -OCH3 is 1. The Kier molecular flexibility index (Phi) is 5.26. The first-order chi connectivity index (χ1) is 9.65. The topological polar surface area (TPSA) is 30.3 Å². The van der Waals surface area contributed by atoms with Crippen LogP contribution in [-0.4, -0.2) is 42.2 Å². The molecular weight excluding hydrogens is 274 g/mol. The van der Waals surface area contributed by atoms with E-state index in [0.29, 0.717) is 5.88 Å². The van der Waals surface area contributed by atoms with Crippen molar-refractivity contribution in [2.75, 3.05) is 27.7 Å². The zero-order valence-electron chi connectivity index (χ0n) is 12.4. The molecule has 0 saturated carbocycles. The second kappa shape index (κ2) is 6.95. The monoisotopic (exact) mass is 295 g/mol. The van der Waals surface area contributed by atoms with Gasteiger partial charge in [0, 0.05) is 12.6 Å². The van der Waals surface area contributed by atoms with Crippen LogP contribution in [0.15, 0.2) is 18.2 Å². The van der Waals surface area contributed by atoms with Crippen LogP contribution in [0.2, 0.25) is 0 Å². The van der Waals surface area contributed by atoms with Crippen molar-refractivity contribution in [3.05, 3.63) is 24.0 Å². The van der Waals surface area contributed by atoms with E-state index in [4.69, 9.17) is 16.3 Å². The van der Waals surface area contributed by atoms with Crippen LogP contribution in [0, 0.1) is 0 Å². The van der Waals surface area contributed by atoms with Crippen molar-refractivity contribution in [3.8, 4) is 5.75 Å². The largest absolute Gasteiger partial charge is 0.497 e. The van der Waals surface area contributed by atoms with Crippen LogP contribution in [-0.2, 0) is 12.4 Å². The number of aryl methyl sites for hydroxylation is 1. The summed E-state index contributed by atoms with van der Waals surface area (Å²) in [5.74, 6) is 2.22. The maximum Gasteiger partial charge on any atom is 0.124 e. The summed E-state index contributed by atoms with van der Waals surface area (Å²) >= 11 is 6.02. The quantitative estimate of drug-likeness (QED) is 0.581. The van der Waals surface area contributed by atoms with Gasteiger partial charge in [0.2, 0.25) is 0 Å². The van der Waals surface area contributed by atoms with Crippen molar-refractivity contribution in [2.24, 2.45) is 0 Å². The summed E-state index contributed by atoms with van der Waals surface area (Å²) in [5, 5.41) is 0. The summed E-state index contributed by atoms with van der Waals surface area (Å²) < 4.78 is 7.51. The molecule has 0 bridgehead atoms. The molecule has 20 heavy (non-hydrogen) atoms. The van der Waals surface area contributed by atoms with Crippen molar-refractivity contribution in [3.63, 3.8) is 0 Å². The Morgan fingerprint density at radius 1 is 1.30 bits per heavy atom. The fourth-order valence-electron chi connectivity index (χ4n) is 2.33. The van der Waals surface area contributed by atoms with Crippen molar-refractivity contribution in [1.29, 1.82) is 0 Å². The molecule has 1 aromatic heterocycles. The highest BCUT2D eigenvalue weighted by atomic mass is 35.5. The predicted octanol–water partition coefficient (Wildman–Crippen LogP) is 3.13. The summed E-state index contributed by atoms with van der Waals surface area (Å²) in [7, 11) is 5.88. The maximum atomic E-state index is 6.02. The lowest BCUT2D eigenvalue weighted by atomic mass is 10.2. The van der Waals surface area contributed by atoms with Crippen molar-refractivity contribution in [2.45, 2.75) is 25.3 Å². The number of hydrogen-bond donors (Lipinski definition) is 0. The van der Waals surface area contributed by atoms with E-state index < -0.39 is 0 Å². The van der Waals surface area contributed by atoms with Crippen LogP contribution in [0.3, 0.4) is 0 Å². The molecule has 2 aromatic rings. The number of ether oxygens (including phenoxy) is 1. The Morgan fingerprint density at radius 2 is 2.10 bits per heavy atom. The molecule has 0 unspecified atom stereocenters. The van der Waals surface area contributed by atoms with E-state index in [1.807, 2.05) is 18.2 Å². The highest BCUT2D eigenvalue weighted by Gasteiger charge is 2.10. The van der Waals surface area contributed by atoms with Gasteiger partial charge in [-0.05, 0) is 45.6 Å². The molecule has 0 aliphatic carbocycles. The summed E-state index contributed by atoms with van der Waals surface area (Å²) in [6.45, 7) is 2.05. The van der Waals surface area contributed by atoms with E-state index in [9.17, 15) is 0 Å². The van der Waals surface area contributed by atoms with E-state index in [-0.39, 0.29) is 0 Å². The van der Waals surface area contributed by atoms with E-state index >= 15 is 0 Å². The number of alkyl halides is 1. The van der Waals surface area contributed by atoms with Gasteiger partial charge >= 0.3 is 0 Å². The van der Waals surface area contributed by atoms with E-state index in [2.05, 4.69) is 28.5 Å². The number of hydrogen-bond acceptors (Lipinski definition) is 3. The van der Waals surface area contributed by atoms with Crippen molar-refractivity contribution >= 4 is 22.6 Å². The number of imidazole rings is 1. The fraction of sp³-hybridized carbons (Fsp3) is 0.533. The smallest absolute Gasteiger partial charge is 0.124 e. The lowest BCUT2D eigenvalue weighted by Gasteiger charge is -2.11. The van der Waals surface area contributed by atoms with Crippen LogP contribution in [0.5, 0.6) is 5.75 Å². The van der Waals surface area contributed by atoms with Gasteiger partial charge < -0.3 is 14.2 Å². The second-order valence-electron chi connectivity index (χ2n) is 5.18. The van der Waals surface area contributed by atoms with Crippen molar-refractivity contribution in [1.82, 2.24) is 14.5 Å². The molecule has 4 nitrogen and oxygen atoms in total. The van der Waals surface area contributed by atoms with E-state index in [0.717, 1.165) is 42.1 Å². The number of rotatable bonds is 7. The van der Waals surface area contributed by atoms with Crippen LogP contribution in [0.25, 0.3) is 11.0 Å². The van der Waals surface area contributed by atoms with Crippen molar-refractivity contribution < 1.29 is 4.74 Å². The molecule has 5 heteroatoms. The van der Waals surface area contributed by atoms with E-state index in [1.54, 1.807) is 7.11 Å². The molecule has 0 amide bonds. The van der Waals surface area contributed by atoms with Crippen LogP contribution in [0.1, 0.15) is 18.7 Å². The molecule has 0 aliphatic heterocycles. The summed E-state index contributed by atoms with van der Waals surface area (Å²) in [4.78, 5) is 6.79. The van der Waals surface area contributed by atoms with Gasteiger partial charge in [-0.15, -0.1) is 11.6 Å². The molecule has 0 saturated heterocycles. The molecule has 110 valence electrons. The summed E-state index contributed by atoms with van der Waals surface area (Å²) in [6.07, 6.45) is 2.28. The minimum atomic E-state index is 0.435. The molecule has 0 radical (unpaired) electrons. The first-order valence-electron chi connectivity index (χ1n) is 6.89. The number of unbranched alkanes of at least 4 members (excludes halogenated alkanes) is 1. The molecule has 0 fully saturated rings. The van der Waals surface area contributed by atoms with Gasteiger partial charge in [0.1, 0.15) is 11.6 Å². The van der Waals surface area contributed by atoms with Gasteiger partial charge in [-0.25, -0.2) is 4.98 Å². The van der Waals surface area contributed by atoms with Gasteiger partial charge in [0.25, 0.3) is 0 Å². The van der Waals surface area contributed by atoms with Crippen LogP contribution >= 0.6 is 11.6 Å². The lowest BCUT2D eigenvalue weighted by Crippen LogP contribution is -2.13. The summed E-state index contributed by atoms with van der Waals surface area (Å²) in [5.41, 5.74) is 2.08. The van der Waals surface area contributed by atoms with Gasteiger partial charge in [-0.1, -0.05) is 0 Å². The Morgan fingerprint density at radius 3 is 2.75 bits per heavy atom. The van der Waals surface area contributed by atoms with Gasteiger partial charge in [0.05, 0.1) is 24.0 Å². The standard InChI is InChI=1S/C15H22ClN3O/c1-18(2)8-4-5-9-19-14-10-12(20-3)6-7-13(14)17-15(19)11-16/h6-7,10H,4-5,8-9,11H2,1-3H3. The summed E-state index contributed by atoms with van der Waals surface area (Å²) in [6, 6.07) is 5.95. The SMILES string of the molecule is COc1ccc2nc(CCl)n(CCCCN(C)C)c2c1. The van der Waals surface area contributed by atoms with Gasteiger partial charge in [0.15, 0.2) is 0 Å². The molecule has 0 atom stereocenters. The van der Waals surface area contributed by atoms with Gasteiger partial charge in [-0.3, -0.25) is 0 Å². The Balaban J connectivity index is 2.20. The average Bonchev–Trinajstić information content (AvgIpc) is 2.80. The number of halogens is 1. The fourth-order valence-corrected chi connectivity index (χ4v) is 2.53. The Labute approximate surface area is 125 Å². The molecule has 0 N–H and O–H groups in total. The molecular formula is C15H22ClN3O. The average molecular weight is 296 g/mol. The number of nitrogens with zero attached hydrogens (tertiary/aromatic N) is 3. The van der Waals surface area contributed by atoms with E-state index in [1.165, 1.54) is 6.42 Å². The van der Waals surface area contributed by atoms with Gasteiger partial charge in [-0.2, -0.15) is 0 Å². The zero-order chi connectivity index (χ0) is 14.5. The third-order valence-electron chi connectivity index (χ3n) is 3.39. The molecule has 1 aromatic carbocycles. The van der Waals surface area contributed by atoms with Crippen LogP contribution < -0.4 is 4.74 Å². The number of fused-ring (bicyclic) bond motifs is 1. The first kappa shape index (κ1) is 15.1. The normalized spacial score (nSPS) is 11.4. The second-order valence-corrected chi connectivity index (χ2v) is 5.45. The zero-order valence-corrected chi connectivity index (χ0v) is 13.2. The number of benzene rings is 1. The lowest BCUT2D eigenvalue weighted by molar-refractivity contribution is 0.387. The highest BCUT2D eigenvalue weighted by Crippen LogP contribution is 2.23. The third kappa shape index (κ3) is 3.44. The molecule has 2 rings (SSSR count). The third-order valence-corrected chi connectivity index (χ3v) is 3.63. The number of aromatic nitrogens is 2. The first-order valence-corrected chi connectivity index (χ1v) is 7.43. The minimum Gasteiger partial charge on any atom is -0.497 e. The minimum absolute atomic E-state index is 0.435. The van der Waals surface area contributed by atoms with Crippen LogP contribution in [0.4, 0.5) is 0 Å². The Bertz CT molecular complexity index is 565. The molecule has 0 spiro atoms. The Hall–Kier alpha value is -1.26. The molecule has 1 heterocycles. The predicted molar refractivity (Wildman–Crippen MR) is 83.6 cm³/mol.